The largest absolute Gasteiger partial charge is 0.462 e. The Bertz CT molecular complexity index is 638. The number of carbonyl (C=O) groups is 1. The standard InChI is InChI=1S/C17H22N2O2/c1-4-6-7-12-8-9-15-13(10-12)16(18-3)14(11-19-15)17(20)21-5-2/h8-11H,4-7H2,1-3H3,(H,18,19). The quantitative estimate of drug-likeness (QED) is 0.821. The molecule has 112 valence electrons. The number of fused-ring (bicyclic) bond motifs is 1. The fourth-order valence-corrected chi connectivity index (χ4v) is 2.41. The molecule has 0 saturated carbocycles. The molecule has 0 amide bonds. The molecule has 0 aliphatic carbocycles. The van der Waals surface area contributed by atoms with Crippen molar-refractivity contribution in [3.8, 4) is 0 Å². The molecule has 21 heavy (non-hydrogen) atoms. The molecule has 4 heteroatoms. The summed E-state index contributed by atoms with van der Waals surface area (Å²) in [4.78, 5) is 16.4. The van der Waals surface area contributed by atoms with E-state index in [1.54, 1.807) is 13.1 Å². The van der Waals surface area contributed by atoms with E-state index in [1.165, 1.54) is 5.56 Å². The molecule has 0 atom stereocenters. The third-order valence-corrected chi connectivity index (χ3v) is 3.50. The van der Waals surface area contributed by atoms with E-state index in [4.69, 9.17) is 4.74 Å². The summed E-state index contributed by atoms with van der Waals surface area (Å²) >= 11 is 0. The van der Waals surface area contributed by atoms with Gasteiger partial charge in [0.1, 0.15) is 5.56 Å². The van der Waals surface area contributed by atoms with E-state index in [9.17, 15) is 4.79 Å². The highest BCUT2D eigenvalue weighted by Gasteiger charge is 2.15. The van der Waals surface area contributed by atoms with Gasteiger partial charge in [-0.05, 0) is 37.5 Å². The molecule has 1 heterocycles. The maximum Gasteiger partial charge on any atom is 0.341 e. The third kappa shape index (κ3) is 3.32. The summed E-state index contributed by atoms with van der Waals surface area (Å²) in [6, 6.07) is 6.23. The number of hydrogen-bond acceptors (Lipinski definition) is 4. The molecule has 0 saturated heterocycles. The second kappa shape index (κ2) is 7.07. The van der Waals surface area contributed by atoms with Gasteiger partial charge in [-0.2, -0.15) is 0 Å². The van der Waals surface area contributed by atoms with Crippen LogP contribution in [0.3, 0.4) is 0 Å². The number of benzene rings is 1. The molecule has 0 bridgehead atoms. The minimum Gasteiger partial charge on any atom is -0.462 e. The minimum atomic E-state index is -0.338. The zero-order valence-corrected chi connectivity index (χ0v) is 12.9. The van der Waals surface area contributed by atoms with E-state index in [0.29, 0.717) is 12.2 Å². The monoisotopic (exact) mass is 286 g/mol. The maximum absolute atomic E-state index is 12.0. The number of aryl methyl sites for hydroxylation is 1. The predicted octanol–water partition coefficient (Wildman–Crippen LogP) is 3.80. The SMILES string of the molecule is CCCCc1ccc2ncc(C(=O)OCC)c(NC)c2c1. The fourth-order valence-electron chi connectivity index (χ4n) is 2.41. The number of ether oxygens (including phenoxy) is 1. The summed E-state index contributed by atoms with van der Waals surface area (Å²) in [7, 11) is 1.82. The van der Waals surface area contributed by atoms with Crippen molar-refractivity contribution in [2.24, 2.45) is 0 Å². The molecular weight excluding hydrogens is 264 g/mol. The van der Waals surface area contributed by atoms with Crippen LogP contribution in [0.2, 0.25) is 0 Å². The van der Waals surface area contributed by atoms with E-state index in [-0.39, 0.29) is 5.97 Å². The van der Waals surface area contributed by atoms with Crippen LogP contribution in [0.15, 0.2) is 24.4 Å². The number of esters is 1. The number of nitrogens with one attached hydrogen (secondary N) is 1. The zero-order valence-electron chi connectivity index (χ0n) is 12.9. The fraction of sp³-hybridized carbons (Fsp3) is 0.412. The third-order valence-electron chi connectivity index (χ3n) is 3.50. The summed E-state index contributed by atoms with van der Waals surface area (Å²) in [5.41, 5.74) is 3.42. The van der Waals surface area contributed by atoms with Gasteiger partial charge in [0.2, 0.25) is 0 Å². The zero-order chi connectivity index (χ0) is 15.2. The average Bonchev–Trinajstić information content (AvgIpc) is 2.51. The van der Waals surface area contributed by atoms with Gasteiger partial charge in [0.15, 0.2) is 0 Å². The van der Waals surface area contributed by atoms with E-state index in [0.717, 1.165) is 35.9 Å². The number of anilines is 1. The Balaban J connectivity index is 2.50. The lowest BCUT2D eigenvalue weighted by Crippen LogP contribution is -2.09. The lowest BCUT2D eigenvalue weighted by atomic mass is 10.0. The van der Waals surface area contributed by atoms with Gasteiger partial charge in [-0.25, -0.2) is 4.79 Å². The highest BCUT2D eigenvalue weighted by molar-refractivity contribution is 6.04. The normalized spacial score (nSPS) is 10.6. The van der Waals surface area contributed by atoms with Gasteiger partial charge in [0.05, 0.1) is 17.8 Å². The maximum atomic E-state index is 12.0. The molecule has 2 rings (SSSR count). The number of carbonyl (C=O) groups excluding carboxylic acids is 1. The molecule has 1 N–H and O–H groups in total. The summed E-state index contributed by atoms with van der Waals surface area (Å²) < 4.78 is 5.10. The summed E-state index contributed by atoms with van der Waals surface area (Å²) in [6.07, 6.45) is 4.94. The van der Waals surface area contributed by atoms with Crippen LogP contribution in [-0.4, -0.2) is 24.6 Å². The molecule has 2 aromatic rings. The Morgan fingerprint density at radius 1 is 1.33 bits per heavy atom. The van der Waals surface area contributed by atoms with Gasteiger partial charge in [-0.3, -0.25) is 4.98 Å². The Labute approximate surface area is 125 Å². The number of hydrogen-bond donors (Lipinski definition) is 1. The van der Waals surface area contributed by atoms with E-state index in [2.05, 4.69) is 29.4 Å². The van der Waals surface area contributed by atoms with Gasteiger partial charge >= 0.3 is 5.97 Å². The molecule has 0 aliphatic rings. The van der Waals surface area contributed by atoms with Gasteiger partial charge in [-0.1, -0.05) is 19.4 Å². The molecule has 0 unspecified atom stereocenters. The predicted molar refractivity (Wildman–Crippen MR) is 85.9 cm³/mol. The van der Waals surface area contributed by atoms with Gasteiger partial charge < -0.3 is 10.1 Å². The molecule has 0 spiro atoms. The first-order valence-corrected chi connectivity index (χ1v) is 7.47. The van der Waals surface area contributed by atoms with Crippen molar-refractivity contribution in [2.45, 2.75) is 33.1 Å². The first-order valence-electron chi connectivity index (χ1n) is 7.47. The topological polar surface area (TPSA) is 51.2 Å². The van der Waals surface area contributed by atoms with Crippen LogP contribution >= 0.6 is 0 Å². The van der Waals surface area contributed by atoms with E-state index in [1.807, 2.05) is 13.1 Å². The summed E-state index contributed by atoms with van der Waals surface area (Å²) in [5.74, 6) is -0.338. The molecule has 1 aromatic heterocycles. The van der Waals surface area contributed by atoms with Crippen molar-refractivity contribution in [3.05, 3.63) is 35.5 Å². The molecule has 4 nitrogen and oxygen atoms in total. The molecule has 0 radical (unpaired) electrons. The second-order valence-electron chi connectivity index (χ2n) is 4.97. The lowest BCUT2D eigenvalue weighted by Gasteiger charge is -2.12. The van der Waals surface area contributed by atoms with E-state index < -0.39 is 0 Å². The minimum absolute atomic E-state index is 0.338. The molecule has 0 aliphatic heterocycles. The Kier molecular flexibility index (Phi) is 5.14. The average molecular weight is 286 g/mol. The second-order valence-corrected chi connectivity index (χ2v) is 4.97. The smallest absolute Gasteiger partial charge is 0.341 e. The van der Waals surface area contributed by atoms with Gasteiger partial charge in [0.25, 0.3) is 0 Å². The van der Waals surface area contributed by atoms with Crippen LogP contribution in [0.1, 0.15) is 42.6 Å². The van der Waals surface area contributed by atoms with Crippen LogP contribution in [0.25, 0.3) is 10.9 Å². The van der Waals surface area contributed by atoms with Crippen molar-refractivity contribution >= 4 is 22.6 Å². The van der Waals surface area contributed by atoms with Crippen LogP contribution in [0, 0.1) is 0 Å². The van der Waals surface area contributed by atoms with Crippen LogP contribution in [0.4, 0.5) is 5.69 Å². The number of nitrogens with zero attached hydrogens (tertiary/aromatic N) is 1. The highest BCUT2D eigenvalue weighted by Crippen LogP contribution is 2.27. The number of unbranched alkanes of at least 4 members (excludes halogenated alkanes) is 1. The Hall–Kier alpha value is -2.10. The lowest BCUT2D eigenvalue weighted by molar-refractivity contribution is 0.0527. The summed E-state index contributed by atoms with van der Waals surface area (Å²) in [5, 5.41) is 4.09. The Morgan fingerprint density at radius 2 is 2.14 bits per heavy atom. The molecule has 0 fully saturated rings. The van der Waals surface area contributed by atoms with Gasteiger partial charge in [0, 0.05) is 18.6 Å². The first kappa shape index (κ1) is 15.3. The van der Waals surface area contributed by atoms with Crippen molar-refractivity contribution in [1.82, 2.24) is 4.98 Å². The van der Waals surface area contributed by atoms with Crippen LogP contribution in [-0.2, 0) is 11.2 Å². The van der Waals surface area contributed by atoms with Crippen LogP contribution in [0.5, 0.6) is 0 Å². The van der Waals surface area contributed by atoms with Crippen molar-refractivity contribution in [3.63, 3.8) is 0 Å². The van der Waals surface area contributed by atoms with Crippen molar-refractivity contribution in [1.29, 1.82) is 0 Å². The number of aromatic nitrogens is 1. The van der Waals surface area contributed by atoms with Crippen molar-refractivity contribution < 1.29 is 9.53 Å². The van der Waals surface area contributed by atoms with E-state index >= 15 is 0 Å². The van der Waals surface area contributed by atoms with Gasteiger partial charge in [-0.15, -0.1) is 0 Å². The number of pyridine rings is 1. The number of rotatable bonds is 6. The summed E-state index contributed by atoms with van der Waals surface area (Å²) in [6.45, 7) is 4.34. The highest BCUT2D eigenvalue weighted by atomic mass is 16.5. The van der Waals surface area contributed by atoms with Crippen LogP contribution < -0.4 is 5.32 Å². The Morgan fingerprint density at radius 3 is 2.81 bits per heavy atom. The van der Waals surface area contributed by atoms with Crippen molar-refractivity contribution in [2.75, 3.05) is 19.0 Å². The molecular formula is C17H22N2O2. The molecule has 1 aromatic carbocycles. The first-order chi connectivity index (χ1) is 10.2.